The number of hydrogen-bond donors (Lipinski definition) is 0. The number of thioether (sulfide) groups is 1. The van der Waals surface area contributed by atoms with Gasteiger partial charge in [0, 0.05) is 35.2 Å². The van der Waals surface area contributed by atoms with Gasteiger partial charge in [0.05, 0.1) is 0 Å². The van der Waals surface area contributed by atoms with Crippen LogP contribution in [0.5, 0.6) is 0 Å². The van der Waals surface area contributed by atoms with Gasteiger partial charge < -0.3 is 0 Å². The molecule has 3 heteroatoms. The molecule has 2 bridgehead atoms. The predicted octanol–water partition coefficient (Wildman–Crippen LogP) is 3.26. The Morgan fingerprint density at radius 1 is 1.22 bits per heavy atom. The minimum absolute atomic E-state index is 0.315. The van der Waals surface area contributed by atoms with Gasteiger partial charge in [0.1, 0.15) is 5.78 Å². The molecule has 0 saturated carbocycles. The van der Waals surface area contributed by atoms with E-state index in [2.05, 4.69) is 16.7 Å². The summed E-state index contributed by atoms with van der Waals surface area (Å²) in [6.45, 7) is 0. The van der Waals surface area contributed by atoms with Crippen LogP contribution in [-0.2, 0) is 11.2 Å². The lowest BCUT2D eigenvalue weighted by Crippen LogP contribution is -2.33. The summed E-state index contributed by atoms with van der Waals surface area (Å²) in [5.74, 6) is 0.758. The third-order valence-corrected chi connectivity index (χ3v) is 5.74. The molecule has 0 aliphatic carbocycles. The number of carbonyl (C=O) groups is 1. The van der Waals surface area contributed by atoms with Gasteiger partial charge in [0.25, 0.3) is 0 Å². The highest BCUT2D eigenvalue weighted by Crippen LogP contribution is 2.44. The van der Waals surface area contributed by atoms with Gasteiger partial charge in [-0.25, -0.2) is 0 Å². The second-order valence-electron chi connectivity index (χ2n) is 5.48. The van der Waals surface area contributed by atoms with Gasteiger partial charge in [-0.3, -0.25) is 9.78 Å². The fraction of sp³-hybridized carbons (Fsp3) is 0.600. The third-order valence-electron chi connectivity index (χ3n) is 4.11. The SMILES string of the molecule is O=C(Cc1ccncc1)C1CC2CCCC(C1)S2. The molecule has 96 valence electrons. The lowest BCUT2D eigenvalue weighted by Gasteiger charge is -2.38. The van der Waals surface area contributed by atoms with Crippen molar-refractivity contribution in [3.8, 4) is 0 Å². The van der Waals surface area contributed by atoms with E-state index in [9.17, 15) is 4.79 Å². The Balaban J connectivity index is 1.63. The fourth-order valence-electron chi connectivity index (χ4n) is 3.17. The first-order chi connectivity index (χ1) is 8.81. The second kappa shape index (κ2) is 5.43. The van der Waals surface area contributed by atoms with Crippen molar-refractivity contribution in [3.63, 3.8) is 0 Å². The van der Waals surface area contributed by atoms with Crippen LogP contribution in [-0.4, -0.2) is 21.3 Å². The molecule has 1 aromatic heterocycles. The maximum Gasteiger partial charge on any atom is 0.140 e. The Morgan fingerprint density at radius 2 is 1.89 bits per heavy atom. The highest BCUT2D eigenvalue weighted by Gasteiger charge is 2.35. The van der Waals surface area contributed by atoms with Gasteiger partial charge in [0.15, 0.2) is 0 Å². The number of rotatable bonds is 3. The van der Waals surface area contributed by atoms with Crippen LogP contribution in [0.1, 0.15) is 37.7 Å². The third kappa shape index (κ3) is 2.77. The molecular weight excluding hydrogens is 242 g/mol. The number of fused-ring (bicyclic) bond motifs is 2. The predicted molar refractivity (Wildman–Crippen MR) is 74.7 cm³/mol. The van der Waals surface area contributed by atoms with E-state index in [1.54, 1.807) is 12.4 Å². The summed E-state index contributed by atoms with van der Waals surface area (Å²) in [5, 5.41) is 1.51. The maximum absolute atomic E-state index is 12.4. The molecule has 2 fully saturated rings. The van der Waals surface area contributed by atoms with E-state index in [-0.39, 0.29) is 0 Å². The smallest absolute Gasteiger partial charge is 0.140 e. The molecule has 2 aliphatic heterocycles. The van der Waals surface area contributed by atoms with Crippen molar-refractivity contribution in [1.29, 1.82) is 0 Å². The van der Waals surface area contributed by atoms with Crippen LogP contribution in [0.15, 0.2) is 24.5 Å². The lowest BCUT2D eigenvalue weighted by atomic mass is 9.85. The number of carbonyl (C=O) groups excluding carboxylic acids is 1. The molecule has 2 aliphatic rings. The standard InChI is InChI=1S/C15H19NOS/c17-15(8-11-4-6-16-7-5-11)12-9-13-2-1-3-14(10-12)18-13/h4-7,12-14H,1-3,8-10H2. The van der Waals surface area contributed by atoms with Crippen LogP contribution in [0.25, 0.3) is 0 Å². The van der Waals surface area contributed by atoms with Gasteiger partial charge >= 0.3 is 0 Å². The molecule has 0 N–H and O–H groups in total. The Hall–Kier alpha value is -0.830. The summed E-state index contributed by atoms with van der Waals surface area (Å²) in [6.07, 6.45) is 10.4. The lowest BCUT2D eigenvalue weighted by molar-refractivity contribution is -0.122. The topological polar surface area (TPSA) is 30.0 Å². The van der Waals surface area contributed by atoms with E-state index in [1.165, 1.54) is 19.3 Å². The quantitative estimate of drug-likeness (QED) is 0.836. The van der Waals surface area contributed by atoms with Crippen molar-refractivity contribution >= 4 is 17.5 Å². The number of aromatic nitrogens is 1. The largest absolute Gasteiger partial charge is 0.299 e. The molecule has 2 unspecified atom stereocenters. The zero-order valence-corrected chi connectivity index (χ0v) is 11.4. The minimum atomic E-state index is 0.315. The molecule has 0 spiro atoms. The molecule has 2 atom stereocenters. The van der Waals surface area contributed by atoms with Crippen LogP contribution in [0, 0.1) is 5.92 Å². The number of hydrogen-bond acceptors (Lipinski definition) is 3. The monoisotopic (exact) mass is 261 g/mol. The highest BCUT2D eigenvalue weighted by atomic mass is 32.2. The number of pyridine rings is 1. The zero-order chi connectivity index (χ0) is 12.4. The van der Waals surface area contributed by atoms with Gasteiger partial charge in [-0.2, -0.15) is 11.8 Å². The summed E-state index contributed by atoms with van der Waals surface area (Å²) >= 11 is 2.14. The molecule has 2 saturated heterocycles. The van der Waals surface area contributed by atoms with Crippen molar-refractivity contribution in [2.45, 2.75) is 49.0 Å². The zero-order valence-electron chi connectivity index (χ0n) is 10.5. The van der Waals surface area contributed by atoms with Crippen LogP contribution < -0.4 is 0 Å². The Morgan fingerprint density at radius 3 is 2.56 bits per heavy atom. The first kappa shape index (κ1) is 12.2. The molecule has 0 aromatic carbocycles. The molecule has 2 nitrogen and oxygen atoms in total. The van der Waals surface area contributed by atoms with E-state index in [1.807, 2.05) is 12.1 Å². The van der Waals surface area contributed by atoms with Gasteiger partial charge in [-0.05, 0) is 43.4 Å². The molecular formula is C15H19NOS. The molecule has 0 amide bonds. The van der Waals surface area contributed by atoms with E-state index in [0.717, 1.165) is 28.9 Å². The number of ketones is 1. The first-order valence-electron chi connectivity index (χ1n) is 6.88. The van der Waals surface area contributed by atoms with Crippen LogP contribution >= 0.6 is 11.8 Å². The van der Waals surface area contributed by atoms with Crippen molar-refractivity contribution < 1.29 is 4.79 Å². The molecule has 0 radical (unpaired) electrons. The van der Waals surface area contributed by atoms with Crippen molar-refractivity contribution in [3.05, 3.63) is 30.1 Å². The minimum Gasteiger partial charge on any atom is -0.299 e. The molecule has 18 heavy (non-hydrogen) atoms. The highest BCUT2D eigenvalue weighted by molar-refractivity contribution is 8.00. The van der Waals surface area contributed by atoms with Crippen molar-refractivity contribution in [2.75, 3.05) is 0 Å². The van der Waals surface area contributed by atoms with E-state index < -0.39 is 0 Å². The maximum atomic E-state index is 12.4. The molecule has 3 heterocycles. The van der Waals surface area contributed by atoms with E-state index >= 15 is 0 Å². The Labute approximate surface area is 113 Å². The van der Waals surface area contributed by atoms with Crippen LogP contribution in [0.3, 0.4) is 0 Å². The average Bonchev–Trinajstić information content (AvgIpc) is 2.39. The normalized spacial score (nSPS) is 31.0. The van der Waals surface area contributed by atoms with E-state index in [0.29, 0.717) is 18.1 Å². The summed E-state index contributed by atoms with van der Waals surface area (Å²) < 4.78 is 0. The van der Waals surface area contributed by atoms with Crippen LogP contribution in [0.2, 0.25) is 0 Å². The number of Topliss-reactive ketones (excluding diaryl/α,β-unsaturated/α-hetero) is 1. The van der Waals surface area contributed by atoms with Crippen molar-refractivity contribution in [2.24, 2.45) is 5.92 Å². The van der Waals surface area contributed by atoms with Gasteiger partial charge in [0.2, 0.25) is 0 Å². The average molecular weight is 261 g/mol. The van der Waals surface area contributed by atoms with Crippen LogP contribution in [0.4, 0.5) is 0 Å². The second-order valence-corrected chi connectivity index (χ2v) is 7.08. The first-order valence-corrected chi connectivity index (χ1v) is 7.82. The summed E-state index contributed by atoms with van der Waals surface area (Å²) in [7, 11) is 0. The Kier molecular flexibility index (Phi) is 3.69. The fourth-order valence-corrected chi connectivity index (χ4v) is 5.00. The summed E-state index contributed by atoms with van der Waals surface area (Å²) in [6, 6.07) is 3.91. The Bertz CT molecular complexity index is 408. The van der Waals surface area contributed by atoms with E-state index in [4.69, 9.17) is 0 Å². The summed E-state index contributed by atoms with van der Waals surface area (Å²) in [5.41, 5.74) is 1.11. The molecule has 1 aromatic rings. The number of nitrogens with zero attached hydrogens (tertiary/aromatic N) is 1. The molecule has 3 rings (SSSR count). The van der Waals surface area contributed by atoms with Gasteiger partial charge in [-0.15, -0.1) is 0 Å². The van der Waals surface area contributed by atoms with Gasteiger partial charge in [-0.1, -0.05) is 6.42 Å². The summed E-state index contributed by atoms with van der Waals surface area (Å²) in [4.78, 5) is 16.4. The van der Waals surface area contributed by atoms with Crippen molar-refractivity contribution in [1.82, 2.24) is 4.98 Å².